The predicted octanol–water partition coefficient (Wildman–Crippen LogP) is 1.43. The average molecular weight is 329 g/mol. The second kappa shape index (κ2) is 7.88. The molecule has 2 rings (SSSR count). The van der Waals surface area contributed by atoms with Crippen LogP contribution in [0.5, 0.6) is 0 Å². The van der Waals surface area contributed by atoms with Crippen LogP contribution >= 0.6 is 0 Å². The first-order chi connectivity index (χ1) is 11.5. The minimum absolute atomic E-state index is 0.00889. The lowest BCUT2D eigenvalue weighted by Crippen LogP contribution is -2.35. The lowest BCUT2D eigenvalue weighted by molar-refractivity contribution is -0.121. The molecular formula is C17H23N5O2. The van der Waals surface area contributed by atoms with Crippen molar-refractivity contribution in [2.75, 3.05) is 6.61 Å². The maximum atomic E-state index is 12.1. The summed E-state index contributed by atoms with van der Waals surface area (Å²) in [6.45, 7) is 5.86. The van der Waals surface area contributed by atoms with Crippen molar-refractivity contribution < 1.29 is 9.90 Å². The molecule has 1 atom stereocenters. The summed E-state index contributed by atoms with van der Waals surface area (Å²) in [6, 6.07) is 2.09. The topological polar surface area (TPSA) is 103 Å². The monoisotopic (exact) mass is 329 g/mol. The van der Waals surface area contributed by atoms with E-state index in [0.717, 1.165) is 23.4 Å². The second-order valence-corrected chi connectivity index (χ2v) is 5.85. The number of carbonyl (C=O) groups excluding carboxylic acids is 1. The van der Waals surface area contributed by atoms with E-state index in [2.05, 4.69) is 21.5 Å². The van der Waals surface area contributed by atoms with E-state index in [-0.39, 0.29) is 18.6 Å². The van der Waals surface area contributed by atoms with Crippen molar-refractivity contribution in [1.82, 2.24) is 19.9 Å². The molecule has 2 aromatic rings. The van der Waals surface area contributed by atoms with Crippen LogP contribution in [0.25, 0.3) is 5.65 Å². The highest BCUT2D eigenvalue weighted by Crippen LogP contribution is 2.18. The number of carbonyl (C=O) groups is 1. The highest BCUT2D eigenvalue weighted by Gasteiger charge is 2.15. The van der Waals surface area contributed by atoms with Crippen molar-refractivity contribution in [3.63, 3.8) is 0 Å². The molecule has 1 unspecified atom stereocenters. The van der Waals surface area contributed by atoms with Crippen molar-refractivity contribution in [1.29, 1.82) is 5.26 Å². The largest absolute Gasteiger partial charge is 0.396 e. The SMILES string of the molecule is CCC(CCO)NC(=O)CCc1c(C)nc2c(C#N)cnn2c1C. The van der Waals surface area contributed by atoms with Crippen LogP contribution in [0.2, 0.25) is 0 Å². The standard InChI is InChI=1S/C17H23N5O2/c1-4-14(7-8-23)21-16(24)6-5-15-11(2)20-17-13(9-18)10-19-22(17)12(15)3/h10,14,23H,4-8H2,1-3H3,(H,21,24). The fourth-order valence-corrected chi connectivity index (χ4v) is 2.82. The summed E-state index contributed by atoms with van der Waals surface area (Å²) in [5, 5.41) is 25.2. The molecular weight excluding hydrogens is 306 g/mol. The van der Waals surface area contributed by atoms with Crippen molar-refractivity contribution in [3.05, 3.63) is 28.7 Å². The molecule has 2 heterocycles. The van der Waals surface area contributed by atoms with Crippen molar-refractivity contribution in [2.45, 2.75) is 52.5 Å². The lowest BCUT2D eigenvalue weighted by atomic mass is 10.1. The van der Waals surface area contributed by atoms with E-state index in [9.17, 15) is 4.79 Å². The molecule has 0 spiro atoms. The minimum atomic E-state index is -0.0348. The number of nitrogens with zero attached hydrogens (tertiary/aromatic N) is 4. The Hall–Kier alpha value is -2.46. The Morgan fingerprint density at radius 3 is 2.88 bits per heavy atom. The van der Waals surface area contributed by atoms with Crippen molar-refractivity contribution in [2.24, 2.45) is 0 Å². The van der Waals surface area contributed by atoms with E-state index in [1.807, 2.05) is 20.8 Å². The van der Waals surface area contributed by atoms with Gasteiger partial charge in [-0.1, -0.05) is 6.92 Å². The molecule has 128 valence electrons. The first-order valence-electron chi connectivity index (χ1n) is 8.15. The van der Waals surface area contributed by atoms with E-state index < -0.39 is 0 Å². The van der Waals surface area contributed by atoms with E-state index >= 15 is 0 Å². The van der Waals surface area contributed by atoms with Crippen LogP contribution in [0.3, 0.4) is 0 Å². The quantitative estimate of drug-likeness (QED) is 0.800. The number of hydrogen-bond acceptors (Lipinski definition) is 5. The predicted molar refractivity (Wildman–Crippen MR) is 89.4 cm³/mol. The molecule has 0 radical (unpaired) electrons. The average Bonchev–Trinajstić information content (AvgIpc) is 2.97. The molecule has 0 aliphatic carbocycles. The number of rotatable bonds is 7. The first kappa shape index (κ1) is 17.9. The molecule has 2 N–H and O–H groups in total. The molecule has 7 nitrogen and oxygen atoms in total. The Balaban J connectivity index is 2.13. The van der Waals surface area contributed by atoms with Gasteiger partial charge in [0.25, 0.3) is 0 Å². The summed E-state index contributed by atoms with van der Waals surface area (Å²) in [7, 11) is 0. The van der Waals surface area contributed by atoms with Gasteiger partial charge in [0, 0.05) is 30.5 Å². The van der Waals surface area contributed by atoms with Crippen LogP contribution in [0.1, 0.15) is 48.7 Å². The van der Waals surface area contributed by atoms with Crippen LogP contribution in [-0.4, -0.2) is 38.3 Å². The summed E-state index contributed by atoms with van der Waals surface area (Å²) >= 11 is 0. The van der Waals surface area contributed by atoms with Crippen LogP contribution in [0.15, 0.2) is 6.20 Å². The normalized spacial score (nSPS) is 12.1. The van der Waals surface area contributed by atoms with Gasteiger partial charge in [0.05, 0.1) is 6.20 Å². The van der Waals surface area contributed by atoms with Crippen molar-refractivity contribution >= 4 is 11.6 Å². The number of hydrogen-bond donors (Lipinski definition) is 2. The smallest absolute Gasteiger partial charge is 0.220 e. The van der Waals surface area contributed by atoms with Crippen LogP contribution in [-0.2, 0) is 11.2 Å². The number of fused-ring (bicyclic) bond motifs is 1. The molecule has 0 saturated heterocycles. The van der Waals surface area contributed by atoms with Gasteiger partial charge in [0.1, 0.15) is 11.6 Å². The molecule has 24 heavy (non-hydrogen) atoms. The van der Waals surface area contributed by atoms with E-state index in [0.29, 0.717) is 30.5 Å². The molecule has 0 aromatic carbocycles. The van der Waals surface area contributed by atoms with Crippen LogP contribution in [0, 0.1) is 25.2 Å². The zero-order valence-electron chi connectivity index (χ0n) is 14.3. The summed E-state index contributed by atoms with van der Waals surface area (Å²) in [5.74, 6) is -0.0348. The van der Waals surface area contributed by atoms with Gasteiger partial charge in [-0.05, 0) is 38.7 Å². The van der Waals surface area contributed by atoms with Gasteiger partial charge in [-0.2, -0.15) is 10.4 Å². The third-order valence-corrected chi connectivity index (χ3v) is 4.27. The highest BCUT2D eigenvalue weighted by molar-refractivity contribution is 5.76. The number of nitriles is 1. The zero-order valence-corrected chi connectivity index (χ0v) is 14.3. The number of aromatic nitrogens is 3. The molecule has 0 aliphatic heterocycles. The highest BCUT2D eigenvalue weighted by atomic mass is 16.3. The maximum absolute atomic E-state index is 12.1. The van der Waals surface area contributed by atoms with Gasteiger partial charge in [0.15, 0.2) is 5.65 Å². The van der Waals surface area contributed by atoms with E-state index in [4.69, 9.17) is 10.4 Å². The Kier molecular flexibility index (Phi) is 5.88. The lowest BCUT2D eigenvalue weighted by Gasteiger charge is -2.16. The molecule has 1 amide bonds. The number of nitrogens with one attached hydrogen (secondary N) is 1. The fourth-order valence-electron chi connectivity index (χ4n) is 2.82. The van der Waals surface area contributed by atoms with Crippen molar-refractivity contribution in [3.8, 4) is 6.07 Å². The number of aryl methyl sites for hydroxylation is 2. The Bertz CT molecular complexity index is 775. The molecule has 2 aromatic heterocycles. The zero-order chi connectivity index (χ0) is 17.7. The van der Waals surface area contributed by atoms with E-state index in [1.165, 1.54) is 6.20 Å². The Morgan fingerprint density at radius 1 is 1.50 bits per heavy atom. The van der Waals surface area contributed by atoms with Gasteiger partial charge in [-0.25, -0.2) is 9.50 Å². The molecule has 0 fully saturated rings. The number of aliphatic hydroxyl groups is 1. The summed E-state index contributed by atoms with van der Waals surface area (Å²) in [4.78, 5) is 16.6. The summed E-state index contributed by atoms with van der Waals surface area (Å²) < 4.78 is 1.65. The second-order valence-electron chi connectivity index (χ2n) is 5.85. The fraction of sp³-hybridized carbons (Fsp3) is 0.529. The molecule has 0 bridgehead atoms. The third-order valence-electron chi connectivity index (χ3n) is 4.27. The minimum Gasteiger partial charge on any atom is -0.396 e. The molecule has 0 saturated carbocycles. The van der Waals surface area contributed by atoms with Gasteiger partial charge in [-0.15, -0.1) is 0 Å². The Morgan fingerprint density at radius 2 is 2.25 bits per heavy atom. The summed E-state index contributed by atoms with van der Waals surface area (Å²) in [6.07, 6.45) is 3.78. The Labute approximate surface area is 141 Å². The summed E-state index contributed by atoms with van der Waals surface area (Å²) in [5.41, 5.74) is 3.68. The van der Waals surface area contributed by atoms with Gasteiger partial charge in [-0.3, -0.25) is 4.79 Å². The molecule has 7 heteroatoms. The first-order valence-corrected chi connectivity index (χ1v) is 8.15. The third kappa shape index (κ3) is 3.71. The van der Waals surface area contributed by atoms with E-state index in [1.54, 1.807) is 4.52 Å². The maximum Gasteiger partial charge on any atom is 0.220 e. The number of aliphatic hydroxyl groups excluding tert-OH is 1. The molecule has 0 aliphatic rings. The number of amides is 1. The van der Waals surface area contributed by atoms with Crippen LogP contribution < -0.4 is 5.32 Å². The van der Waals surface area contributed by atoms with Crippen LogP contribution in [0.4, 0.5) is 0 Å². The van der Waals surface area contributed by atoms with Gasteiger partial charge >= 0.3 is 0 Å². The van der Waals surface area contributed by atoms with Gasteiger partial charge in [0.2, 0.25) is 5.91 Å². The van der Waals surface area contributed by atoms with Gasteiger partial charge < -0.3 is 10.4 Å².